The summed E-state index contributed by atoms with van der Waals surface area (Å²) in [6, 6.07) is 0. The average molecular weight is 340 g/mol. The van der Waals surface area contributed by atoms with Gasteiger partial charge in [-0.3, -0.25) is 0 Å². The molecule has 1 nitrogen and oxygen atoms in total. The van der Waals surface area contributed by atoms with Gasteiger partial charge >= 0.3 is 0 Å². The Hall–Kier alpha value is 0.690. The molecule has 0 spiro atoms. The average Bonchev–Trinajstić information content (AvgIpc) is 2.26. The Morgan fingerprint density at radius 3 is 1.81 bits per heavy atom. The lowest BCUT2D eigenvalue weighted by atomic mass is 9.98. The van der Waals surface area contributed by atoms with Gasteiger partial charge in [0.1, 0.15) is 4.11 Å². The Labute approximate surface area is 116 Å². The molecule has 16 heavy (non-hydrogen) atoms. The highest BCUT2D eigenvalue weighted by Gasteiger charge is 2.12. The van der Waals surface area contributed by atoms with Crippen LogP contribution < -0.4 is 0 Å². The monoisotopic (exact) mass is 340 g/mol. The SMILES string of the molecule is CCCCCCCCCCC(CC)C(O)I. The van der Waals surface area contributed by atoms with Crippen molar-refractivity contribution in [3.05, 3.63) is 0 Å². The van der Waals surface area contributed by atoms with E-state index in [1.807, 2.05) is 0 Å². The smallest absolute Gasteiger partial charge is 0.108 e. The number of hydrogen-bond donors (Lipinski definition) is 1. The number of aliphatic hydroxyl groups excluding tert-OH is 1. The van der Waals surface area contributed by atoms with Gasteiger partial charge in [0.05, 0.1) is 0 Å². The summed E-state index contributed by atoms with van der Waals surface area (Å²) in [4.78, 5) is 0. The number of halogens is 1. The standard InChI is InChI=1S/C14H29IO/c1-3-5-6-7-8-9-10-11-12-13(4-2)14(15)16/h13-14,16H,3-12H2,1-2H3. The van der Waals surface area contributed by atoms with E-state index in [-0.39, 0.29) is 4.11 Å². The Morgan fingerprint density at radius 2 is 1.38 bits per heavy atom. The highest BCUT2D eigenvalue weighted by atomic mass is 127. The van der Waals surface area contributed by atoms with Crippen LogP contribution in [0.25, 0.3) is 0 Å². The van der Waals surface area contributed by atoms with E-state index in [4.69, 9.17) is 0 Å². The summed E-state index contributed by atoms with van der Waals surface area (Å²) in [5.41, 5.74) is 0. The third kappa shape index (κ3) is 9.88. The lowest BCUT2D eigenvalue weighted by Gasteiger charge is -2.16. The van der Waals surface area contributed by atoms with E-state index >= 15 is 0 Å². The minimum Gasteiger partial charge on any atom is -0.382 e. The maximum atomic E-state index is 9.50. The van der Waals surface area contributed by atoms with Gasteiger partial charge in [-0.15, -0.1) is 0 Å². The number of alkyl halides is 1. The van der Waals surface area contributed by atoms with Crippen LogP contribution in [0.1, 0.15) is 78.1 Å². The molecule has 0 aromatic carbocycles. The van der Waals surface area contributed by atoms with Gasteiger partial charge in [-0.05, 0) is 12.3 Å². The number of aliphatic hydroxyl groups is 1. The molecule has 0 aromatic rings. The van der Waals surface area contributed by atoms with E-state index in [9.17, 15) is 5.11 Å². The number of hydrogen-bond acceptors (Lipinski definition) is 1. The van der Waals surface area contributed by atoms with Crippen molar-refractivity contribution in [2.45, 2.75) is 82.2 Å². The summed E-state index contributed by atoms with van der Waals surface area (Å²) in [6.07, 6.45) is 13.3. The molecule has 0 saturated heterocycles. The van der Waals surface area contributed by atoms with Crippen LogP contribution in [0.15, 0.2) is 0 Å². The van der Waals surface area contributed by atoms with Crippen molar-refractivity contribution in [1.29, 1.82) is 0 Å². The molecule has 0 fully saturated rings. The van der Waals surface area contributed by atoms with Crippen molar-refractivity contribution >= 4 is 22.6 Å². The first-order valence-corrected chi connectivity index (χ1v) is 8.29. The Bertz CT molecular complexity index is 137. The van der Waals surface area contributed by atoms with Gasteiger partial charge in [0, 0.05) is 0 Å². The molecule has 2 unspecified atom stereocenters. The maximum absolute atomic E-state index is 9.50. The fourth-order valence-corrected chi connectivity index (χ4v) is 2.94. The first kappa shape index (κ1) is 16.7. The molecule has 0 aliphatic carbocycles. The van der Waals surface area contributed by atoms with Gasteiger partial charge in [-0.1, -0.05) is 94.2 Å². The van der Waals surface area contributed by atoms with Crippen molar-refractivity contribution < 1.29 is 5.11 Å². The molecule has 0 rings (SSSR count). The molecule has 0 aliphatic rings. The molecule has 2 heteroatoms. The van der Waals surface area contributed by atoms with E-state index in [1.54, 1.807) is 0 Å². The Morgan fingerprint density at radius 1 is 0.875 bits per heavy atom. The van der Waals surface area contributed by atoms with Crippen molar-refractivity contribution in [1.82, 2.24) is 0 Å². The largest absolute Gasteiger partial charge is 0.382 e. The zero-order valence-corrected chi connectivity index (χ0v) is 13.2. The fraction of sp³-hybridized carbons (Fsp3) is 1.00. The molecule has 0 heterocycles. The molecule has 0 aromatic heterocycles. The van der Waals surface area contributed by atoms with Crippen molar-refractivity contribution in [3.63, 3.8) is 0 Å². The minimum absolute atomic E-state index is 0.146. The van der Waals surface area contributed by atoms with E-state index in [1.165, 1.54) is 57.8 Å². The summed E-state index contributed by atoms with van der Waals surface area (Å²) in [5.74, 6) is 0.515. The molecule has 2 atom stereocenters. The normalized spacial score (nSPS) is 15.0. The molecular formula is C14H29IO. The van der Waals surface area contributed by atoms with E-state index < -0.39 is 0 Å². The minimum atomic E-state index is -0.146. The van der Waals surface area contributed by atoms with Crippen LogP contribution in [0.3, 0.4) is 0 Å². The molecule has 98 valence electrons. The Kier molecular flexibility index (Phi) is 12.7. The van der Waals surface area contributed by atoms with E-state index in [0.29, 0.717) is 5.92 Å². The van der Waals surface area contributed by atoms with Gasteiger partial charge in [0.2, 0.25) is 0 Å². The molecule has 0 radical (unpaired) electrons. The van der Waals surface area contributed by atoms with Gasteiger partial charge in [0.25, 0.3) is 0 Å². The van der Waals surface area contributed by atoms with Crippen molar-refractivity contribution in [2.75, 3.05) is 0 Å². The predicted octanol–water partition coefficient (Wildman–Crippen LogP) is 5.30. The molecule has 0 bridgehead atoms. The second-order valence-corrected chi connectivity index (χ2v) is 6.08. The zero-order valence-electron chi connectivity index (χ0n) is 11.1. The molecule has 1 N–H and O–H groups in total. The van der Waals surface area contributed by atoms with Crippen molar-refractivity contribution in [3.8, 4) is 0 Å². The molecule has 0 amide bonds. The van der Waals surface area contributed by atoms with Crippen LogP contribution in [0.4, 0.5) is 0 Å². The number of unbranched alkanes of at least 4 members (excludes halogenated alkanes) is 7. The number of rotatable bonds is 11. The molecule has 0 saturated carbocycles. The van der Waals surface area contributed by atoms with Gasteiger partial charge in [-0.25, -0.2) is 0 Å². The third-order valence-corrected chi connectivity index (χ3v) is 4.36. The van der Waals surface area contributed by atoms with Crippen molar-refractivity contribution in [2.24, 2.45) is 5.92 Å². The predicted molar refractivity (Wildman–Crippen MR) is 81.0 cm³/mol. The summed E-state index contributed by atoms with van der Waals surface area (Å²) in [6.45, 7) is 4.44. The highest BCUT2D eigenvalue weighted by Crippen LogP contribution is 2.22. The van der Waals surface area contributed by atoms with E-state index in [2.05, 4.69) is 36.4 Å². The first-order chi connectivity index (χ1) is 7.72. The van der Waals surface area contributed by atoms with Crippen LogP contribution >= 0.6 is 22.6 Å². The summed E-state index contributed by atoms with van der Waals surface area (Å²) in [7, 11) is 0. The Balaban J connectivity index is 3.19. The lowest BCUT2D eigenvalue weighted by molar-refractivity contribution is 0.193. The summed E-state index contributed by atoms with van der Waals surface area (Å²) >= 11 is 2.14. The lowest BCUT2D eigenvalue weighted by Crippen LogP contribution is -2.12. The molecule has 0 aliphatic heterocycles. The summed E-state index contributed by atoms with van der Waals surface area (Å²) in [5, 5.41) is 9.50. The summed E-state index contributed by atoms with van der Waals surface area (Å²) < 4.78 is -0.146. The van der Waals surface area contributed by atoms with Crippen LogP contribution in [0.2, 0.25) is 0 Å². The van der Waals surface area contributed by atoms with Gasteiger partial charge < -0.3 is 5.11 Å². The second-order valence-electron chi connectivity index (χ2n) is 4.80. The van der Waals surface area contributed by atoms with Crippen LogP contribution in [0.5, 0.6) is 0 Å². The maximum Gasteiger partial charge on any atom is 0.108 e. The third-order valence-electron chi connectivity index (χ3n) is 3.34. The fourth-order valence-electron chi connectivity index (χ4n) is 2.08. The quantitative estimate of drug-likeness (QED) is 0.307. The molecular weight excluding hydrogens is 311 g/mol. The van der Waals surface area contributed by atoms with Gasteiger partial charge in [-0.2, -0.15) is 0 Å². The first-order valence-electron chi connectivity index (χ1n) is 7.04. The van der Waals surface area contributed by atoms with Crippen LogP contribution in [-0.2, 0) is 0 Å². The van der Waals surface area contributed by atoms with Gasteiger partial charge in [0.15, 0.2) is 0 Å². The topological polar surface area (TPSA) is 20.2 Å². The highest BCUT2D eigenvalue weighted by molar-refractivity contribution is 14.1. The van der Waals surface area contributed by atoms with Crippen LogP contribution in [0, 0.1) is 5.92 Å². The zero-order chi connectivity index (χ0) is 12.2. The van der Waals surface area contributed by atoms with E-state index in [0.717, 1.165) is 6.42 Å². The second kappa shape index (κ2) is 12.2. The van der Waals surface area contributed by atoms with Crippen LogP contribution in [-0.4, -0.2) is 9.22 Å².